The van der Waals surface area contributed by atoms with Crippen LogP contribution in [0.4, 0.5) is 0 Å². The molecule has 1 aromatic heterocycles. The second-order valence-electron chi connectivity index (χ2n) is 7.33. The molecule has 1 aromatic rings. The van der Waals surface area contributed by atoms with Gasteiger partial charge >= 0.3 is 0 Å². The molecule has 1 atom stereocenters. The van der Waals surface area contributed by atoms with E-state index < -0.39 is 0 Å². The lowest BCUT2D eigenvalue weighted by Gasteiger charge is -2.32. The summed E-state index contributed by atoms with van der Waals surface area (Å²) >= 11 is 1.60. The first kappa shape index (κ1) is 18.9. The summed E-state index contributed by atoms with van der Waals surface area (Å²) in [6.45, 7) is 8.48. The third kappa shape index (κ3) is 5.01. The van der Waals surface area contributed by atoms with Crippen molar-refractivity contribution in [3.05, 3.63) is 16.1 Å². The van der Waals surface area contributed by atoms with Gasteiger partial charge in [-0.1, -0.05) is 20.8 Å². The summed E-state index contributed by atoms with van der Waals surface area (Å²) in [7, 11) is 0. The Kier molecular flexibility index (Phi) is 6.34. The van der Waals surface area contributed by atoms with Crippen LogP contribution in [0.25, 0.3) is 0 Å². The first-order valence-electron chi connectivity index (χ1n) is 8.51. The molecule has 1 unspecified atom stereocenters. The lowest BCUT2D eigenvalue weighted by Crippen LogP contribution is -2.46. The third-order valence-electron chi connectivity index (χ3n) is 4.11. The molecule has 134 valence electrons. The molecular formula is C17H28N4O2S. The summed E-state index contributed by atoms with van der Waals surface area (Å²) in [5, 5.41) is 5.83. The number of nitrogens with two attached hydrogens (primary N) is 1. The second-order valence-corrected chi connectivity index (χ2v) is 8.19. The van der Waals surface area contributed by atoms with E-state index in [9.17, 15) is 9.59 Å². The first-order chi connectivity index (χ1) is 11.3. The monoisotopic (exact) mass is 352 g/mol. The molecule has 7 heteroatoms. The summed E-state index contributed by atoms with van der Waals surface area (Å²) in [6, 6.07) is 0. The number of hydrogen-bond donors (Lipinski definition) is 2. The van der Waals surface area contributed by atoms with E-state index >= 15 is 0 Å². The van der Waals surface area contributed by atoms with Gasteiger partial charge in [0.1, 0.15) is 0 Å². The summed E-state index contributed by atoms with van der Waals surface area (Å²) in [5.74, 6) is -0.0754. The van der Waals surface area contributed by atoms with Crippen molar-refractivity contribution in [2.45, 2.75) is 45.4 Å². The zero-order chi connectivity index (χ0) is 17.7. The van der Waals surface area contributed by atoms with Crippen LogP contribution in [0.15, 0.2) is 5.38 Å². The molecule has 0 bridgehead atoms. The molecule has 24 heavy (non-hydrogen) atoms. The van der Waals surface area contributed by atoms with E-state index in [2.05, 4.69) is 31.1 Å². The van der Waals surface area contributed by atoms with E-state index in [0.717, 1.165) is 30.1 Å². The number of piperidine rings is 1. The fourth-order valence-corrected chi connectivity index (χ4v) is 3.66. The zero-order valence-electron chi connectivity index (χ0n) is 14.8. The van der Waals surface area contributed by atoms with Gasteiger partial charge in [0.15, 0.2) is 0 Å². The number of carbonyl (C=O) groups is 2. The summed E-state index contributed by atoms with van der Waals surface area (Å²) < 4.78 is 0. The molecule has 6 nitrogen and oxygen atoms in total. The number of hydrogen-bond acceptors (Lipinski definition) is 5. The molecule has 3 N–H and O–H groups in total. The van der Waals surface area contributed by atoms with Crippen LogP contribution in [0.1, 0.15) is 44.3 Å². The van der Waals surface area contributed by atoms with Gasteiger partial charge in [0.2, 0.25) is 11.8 Å². The maximum Gasteiger partial charge on any atom is 0.228 e. The van der Waals surface area contributed by atoms with Crippen LogP contribution in [0.2, 0.25) is 0 Å². The smallest absolute Gasteiger partial charge is 0.228 e. The Bertz CT molecular complexity index is 579. The number of thiazole rings is 1. The molecule has 0 aromatic carbocycles. The highest BCUT2D eigenvalue weighted by Crippen LogP contribution is 2.26. The molecular weight excluding hydrogens is 324 g/mol. The Morgan fingerprint density at radius 1 is 1.46 bits per heavy atom. The minimum atomic E-state index is -0.130. The van der Waals surface area contributed by atoms with Crippen LogP contribution >= 0.6 is 11.3 Å². The van der Waals surface area contributed by atoms with Crippen LogP contribution in [0, 0.1) is 5.92 Å². The van der Waals surface area contributed by atoms with Crippen molar-refractivity contribution < 1.29 is 9.59 Å². The van der Waals surface area contributed by atoms with Crippen LogP contribution in [-0.4, -0.2) is 47.9 Å². The van der Waals surface area contributed by atoms with Crippen LogP contribution < -0.4 is 11.1 Å². The molecule has 0 aliphatic carbocycles. The van der Waals surface area contributed by atoms with Crippen LogP contribution in [0.5, 0.6) is 0 Å². The Morgan fingerprint density at radius 2 is 2.21 bits per heavy atom. The Morgan fingerprint density at radius 3 is 2.83 bits per heavy atom. The molecule has 0 radical (unpaired) electrons. The minimum absolute atomic E-state index is 0.00151. The van der Waals surface area contributed by atoms with E-state index in [0.29, 0.717) is 26.1 Å². The van der Waals surface area contributed by atoms with E-state index in [1.54, 1.807) is 16.2 Å². The Hall–Kier alpha value is -1.47. The van der Waals surface area contributed by atoms with Gasteiger partial charge in [-0.15, -0.1) is 11.3 Å². The average molecular weight is 353 g/mol. The maximum absolute atomic E-state index is 12.5. The fraction of sp³-hybridized carbons (Fsp3) is 0.706. The van der Waals surface area contributed by atoms with Gasteiger partial charge in [0, 0.05) is 37.0 Å². The highest BCUT2D eigenvalue weighted by atomic mass is 32.1. The number of nitrogens with one attached hydrogen (secondary N) is 1. The molecule has 2 amide bonds. The molecule has 1 saturated heterocycles. The molecule has 0 spiro atoms. The average Bonchev–Trinajstić information content (AvgIpc) is 3.01. The number of carbonyl (C=O) groups excluding carboxylic acids is 2. The highest BCUT2D eigenvalue weighted by molar-refractivity contribution is 7.09. The minimum Gasteiger partial charge on any atom is -0.355 e. The van der Waals surface area contributed by atoms with Gasteiger partial charge in [0.25, 0.3) is 0 Å². The fourth-order valence-electron chi connectivity index (χ4n) is 2.76. The van der Waals surface area contributed by atoms with Crippen molar-refractivity contribution in [3.8, 4) is 0 Å². The van der Waals surface area contributed by atoms with Crippen molar-refractivity contribution in [2.24, 2.45) is 11.7 Å². The third-order valence-corrected chi connectivity index (χ3v) is 5.43. The molecule has 1 fully saturated rings. The lowest BCUT2D eigenvalue weighted by atomic mass is 9.96. The van der Waals surface area contributed by atoms with Gasteiger partial charge in [-0.3, -0.25) is 9.59 Å². The number of amides is 2. The maximum atomic E-state index is 12.5. The van der Waals surface area contributed by atoms with Gasteiger partial charge in [-0.25, -0.2) is 4.98 Å². The van der Waals surface area contributed by atoms with Crippen molar-refractivity contribution in [2.75, 3.05) is 26.2 Å². The van der Waals surface area contributed by atoms with Crippen molar-refractivity contribution >= 4 is 23.2 Å². The number of rotatable bonds is 5. The van der Waals surface area contributed by atoms with E-state index in [1.165, 1.54) is 0 Å². The lowest BCUT2D eigenvalue weighted by molar-refractivity contribution is -0.135. The first-order valence-corrected chi connectivity index (χ1v) is 9.39. The molecule has 0 saturated carbocycles. The summed E-state index contributed by atoms with van der Waals surface area (Å²) in [5.41, 5.74) is 6.24. The standard InChI is InChI=1S/C17H28N4O2S/c1-17(2,3)16-20-13(11-24-16)9-14(22)21-8-4-5-12(10-21)15(23)19-7-6-18/h11-12H,4-10,18H2,1-3H3,(H,19,23). The van der Waals surface area contributed by atoms with Gasteiger partial charge in [-0.2, -0.15) is 0 Å². The predicted molar refractivity (Wildman–Crippen MR) is 95.9 cm³/mol. The van der Waals surface area contributed by atoms with Crippen molar-refractivity contribution in [3.63, 3.8) is 0 Å². The Labute approximate surface area is 147 Å². The van der Waals surface area contributed by atoms with Crippen molar-refractivity contribution in [1.82, 2.24) is 15.2 Å². The quantitative estimate of drug-likeness (QED) is 0.836. The molecule has 1 aliphatic heterocycles. The van der Waals surface area contributed by atoms with Crippen LogP contribution in [-0.2, 0) is 21.4 Å². The second kappa shape index (κ2) is 8.07. The number of likely N-dealkylation sites (tertiary alicyclic amines) is 1. The zero-order valence-corrected chi connectivity index (χ0v) is 15.6. The largest absolute Gasteiger partial charge is 0.355 e. The summed E-state index contributed by atoms with van der Waals surface area (Å²) in [4.78, 5) is 31.0. The normalized spacial score (nSPS) is 18.5. The predicted octanol–water partition coefficient (Wildman–Crippen LogP) is 1.30. The van der Waals surface area contributed by atoms with Gasteiger partial charge in [0.05, 0.1) is 23.0 Å². The molecule has 2 rings (SSSR count). The topological polar surface area (TPSA) is 88.3 Å². The van der Waals surface area contributed by atoms with E-state index in [1.807, 2.05) is 5.38 Å². The van der Waals surface area contributed by atoms with Gasteiger partial charge in [-0.05, 0) is 12.8 Å². The SMILES string of the molecule is CC(C)(C)c1nc(CC(=O)N2CCCC(C(=O)NCCN)C2)cs1. The van der Waals surface area contributed by atoms with Crippen molar-refractivity contribution in [1.29, 1.82) is 0 Å². The molecule has 1 aliphatic rings. The number of aromatic nitrogens is 1. The van der Waals surface area contributed by atoms with E-state index in [-0.39, 0.29) is 23.1 Å². The number of nitrogens with zero attached hydrogens (tertiary/aromatic N) is 2. The van der Waals surface area contributed by atoms with Gasteiger partial charge < -0.3 is 16.0 Å². The molecule has 2 heterocycles. The van der Waals surface area contributed by atoms with Crippen LogP contribution in [0.3, 0.4) is 0 Å². The Balaban J connectivity index is 1.92. The summed E-state index contributed by atoms with van der Waals surface area (Å²) in [6.07, 6.45) is 1.99. The van der Waals surface area contributed by atoms with E-state index in [4.69, 9.17) is 5.73 Å². The highest BCUT2D eigenvalue weighted by Gasteiger charge is 2.28.